The Kier molecular flexibility index (Phi) is 3.81. The molecule has 0 saturated carbocycles. The van der Waals surface area contributed by atoms with Crippen LogP contribution in [-0.4, -0.2) is 4.98 Å². The number of hydrogen-bond acceptors (Lipinski definition) is 2. The Bertz CT molecular complexity index is 752. The van der Waals surface area contributed by atoms with Gasteiger partial charge in [0.15, 0.2) is 3.95 Å². The number of aromatic nitrogens is 1. The van der Waals surface area contributed by atoms with Crippen LogP contribution in [0.3, 0.4) is 0 Å². The molecule has 0 fully saturated rings. The predicted octanol–water partition coefficient (Wildman–Crippen LogP) is 5.70. The number of hydrogen-bond donors (Lipinski definition) is 1. The Morgan fingerprint density at radius 1 is 0.900 bits per heavy atom. The molecule has 0 unspecified atom stereocenters. The molecule has 3 heteroatoms. The average Bonchev–Trinajstić information content (AvgIpc) is 2.89. The predicted molar refractivity (Wildman–Crippen MR) is 89.8 cm³/mol. The van der Waals surface area contributed by atoms with Crippen LogP contribution in [0.25, 0.3) is 22.4 Å². The Morgan fingerprint density at radius 3 is 2.15 bits per heavy atom. The summed E-state index contributed by atoms with van der Waals surface area (Å²) in [6, 6.07) is 19.1. The largest absolute Gasteiger partial charge is 0.337 e. The summed E-state index contributed by atoms with van der Waals surface area (Å²) in [5, 5.41) is 0. The number of benzene rings is 2. The zero-order valence-corrected chi connectivity index (χ0v) is 12.9. The minimum atomic E-state index is 0.851. The molecule has 0 aliphatic carbocycles. The fourth-order valence-electron chi connectivity index (χ4n) is 2.30. The molecule has 0 radical (unpaired) electrons. The van der Waals surface area contributed by atoms with Crippen LogP contribution >= 0.6 is 23.6 Å². The van der Waals surface area contributed by atoms with Gasteiger partial charge in [-0.3, -0.25) is 0 Å². The summed E-state index contributed by atoms with van der Waals surface area (Å²) < 4.78 is 0.851. The lowest BCUT2D eigenvalue weighted by Crippen LogP contribution is -1.84. The number of aromatic amines is 1. The molecule has 0 atom stereocenters. The zero-order chi connectivity index (χ0) is 13.9. The molecule has 0 aliphatic rings. The SMILES string of the molecule is CCc1sc(=S)[nH]c1-c1ccc(-c2ccccc2)cc1. The summed E-state index contributed by atoms with van der Waals surface area (Å²) in [4.78, 5) is 4.63. The summed E-state index contributed by atoms with van der Waals surface area (Å²) in [6.45, 7) is 2.16. The summed E-state index contributed by atoms with van der Waals surface area (Å²) in [5.74, 6) is 0. The molecule has 3 aromatic rings. The van der Waals surface area contributed by atoms with Gasteiger partial charge in [0.25, 0.3) is 0 Å². The molecule has 0 spiro atoms. The molecule has 1 heterocycles. The molecular formula is C17H15NS2. The fraction of sp³-hybridized carbons (Fsp3) is 0.118. The molecular weight excluding hydrogens is 282 g/mol. The quantitative estimate of drug-likeness (QED) is 0.613. The third-order valence-corrected chi connectivity index (χ3v) is 4.70. The third-order valence-electron chi connectivity index (χ3n) is 3.32. The number of H-pyrrole nitrogens is 1. The third kappa shape index (κ3) is 2.60. The summed E-state index contributed by atoms with van der Waals surface area (Å²) in [7, 11) is 0. The molecule has 2 aromatic carbocycles. The van der Waals surface area contributed by atoms with E-state index < -0.39 is 0 Å². The second-order valence-electron chi connectivity index (χ2n) is 4.61. The van der Waals surface area contributed by atoms with Crippen LogP contribution in [0, 0.1) is 3.95 Å². The maximum Gasteiger partial charge on any atom is 0.159 e. The lowest BCUT2D eigenvalue weighted by molar-refractivity contribution is 1.17. The van der Waals surface area contributed by atoms with Crippen molar-refractivity contribution in [1.82, 2.24) is 4.98 Å². The van der Waals surface area contributed by atoms with E-state index in [1.165, 1.54) is 27.3 Å². The van der Waals surface area contributed by atoms with Crippen molar-refractivity contribution in [3.05, 3.63) is 63.4 Å². The maximum absolute atomic E-state index is 5.25. The fourth-order valence-corrected chi connectivity index (χ4v) is 3.50. The monoisotopic (exact) mass is 297 g/mol. The molecule has 0 bridgehead atoms. The van der Waals surface area contributed by atoms with Crippen molar-refractivity contribution in [3.8, 4) is 22.4 Å². The van der Waals surface area contributed by atoms with E-state index >= 15 is 0 Å². The van der Waals surface area contributed by atoms with Crippen molar-refractivity contribution in [3.63, 3.8) is 0 Å². The van der Waals surface area contributed by atoms with E-state index in [0.717, 1.165) is 10.4 Å². The Balaban J connectivity index is 1.99. The van der Waals surface area contributed by atoms with Crippen molar-refractivity contribution in [2.45, 2.75) is 13.3 Å². The molecule has 0 amide bonds. The van der Waals surface area contributed by atoms with Gasteiger partial charge in [0.1, 0.15) is 0 Å². The van der Waals surface area contributed by atoms with E-state index in [0.29, 0.717) is 0 Å². The van der Waals surface area contributed by atoms with Gasteiger partial charge in [0.05, 0.1) is 5.69 Å². The standard InChI is InChI=1S/C17H15NS2/c1-2-15-16(18-17(19)20-15)14-10-8-13(9-11-14)12-6-4-3-5-7-12/h3-11H,2H2,1H3,(H,18,19). The van der Waals surface area contributed by atoms with Crippen molar-refractivity contribution < 1.29 is 0 Å². The van der Waals surface area contributed by atoms with E-state index in [1.54, 1.807) is 11.3 Å². The molecule has 0 aliphatic heterocycles. The van der Waals surface area contributed by atoms with E-state index in [4.69, 9.17) is 12.2 Å². The van der Waals surface area contributed by atoms with Gasteiger partial charge in [-0.25, -0.2) is 0 Å². The highest BCUT2D eigenvalue weighted by atomic mass is 32.1. The molecule has 100 valence electrons. The van der Waals surface area contributed by atoms with E-state index in [9.17, 15) is 0 Å². The molecule has 1 nitrogen and oxygen atoms in total. The highest BCUT2D eigenvalue weighted by molar-refractivity contribution is 7.73. The minimum Gasteiger partial charge on any atom is -0.337 e. The first-order chi connectivity index (χ1) is 9.78. The molecule has 1 aromatic heterocycles. The number of thiazole rings is 1. The highest BCUT2D eigenvalue weighted by Crippen LogP contribution is 2.29. The second-order valence-corrected chi connectivity index (χ2v) is 6.38. The lowest BCUT2D eigenvalue weighted by Gasteiger charge is -2.05. The van der Waals surface area contributed by atoms with Crippen molar-refractivity contribution in [2.24, 2.45) is 0 Å². The van der Waals surface area contributed by atoms with Crippen LogP contribution in [0.15, 0.2) is 54.6 Å². The van der Waals surface area contributed by atoms with Crippen LogP contribution in [0.2, 0.25) is 0 Å². The maximum atomic E-state index is 5.25. The van der Waals surface area contributed by atoms with Gasteiger partial charge in [0.2, 0.25) is 0 Å². The van der Waals surface area contributed by atoms with Crippen LogP contribution < -0.4 is 0 Å². The van der Waals surface area contributed by atoms with Gasteiger partial charge in [-0.2, -0.15) is 0 Å². The Labute approximate surface area is 127 Å². The normalized spacial score (nSPS) is 10.7. The topological polar surface area (TPSA) is 15.8 Å². The smallest absolute Gasteiger partial charge is 0.159 e. The lowest BCUT2D eigenvalue weighted by atomic mass is 10.0. The first-order valence-corrected chi connectivity index (χ1v) is 7.88. The minimum absolute atomic E-state index is 0.851. The van der Waals surface area contributed by atoms with Crippen LogP contribution in [0.1, 0.15) is 11.8 Å². The molecule has 1 N–H and O–H groups in total. The summed E-state index contributed by atoms with van der Waals surface area (Å²) in [6.07, 6.45) is 1.01. The Hall–Kier alpha value is -1.71. The van der Waals surface area contributed by atoms with Gasteiger partial charge in [-0.05, 0) is 35.3 Å². The van der Waals surface area contributed by atoms with E-state index in [1.807, 2.05) is 6.07 Å². The molecule has 0 saturated heterocycles. The van der Waals surface area contributed by atoms with Crippen LogP contribution in [0.4, 0.5) is 0 Å². The van der Waals surface area contributed by atoms with E-state index in [2.05, 4.69) is 60.4 Å². The summed E-state index contributed by atoms with van der Waals surface area (Å²) >= 11 is 6.92. The average molecular weight is 297 g/mol. The first-order valence-electron chi connectivity index (χ1n) is 6.66. The van der Waals surface area contributed by atoms with Crippen LogP contribution in [-0.2, 0) is 6.42 Å². The van der Waals surface area contributed by atoms with Crippen molar-refractivity contribution >= 4 is 23.6 Å². The van der Waals surface area contributed by atoms with Gasteiger partial charge < -0.3 is 4.98 Å². The van der Waals surface area contributed by atoms with Crippen molar-refractivity contribution in [2.75, 3.05) is 0 Å². The van der Waals surface area contributed by atoms with Gasteiger partial charge in [-0.1, -0.05) is 61.5 Å². The van der Waals surface area contributed by atoms with E-state index in [-0.39, 0.29) is 0 Å². The Morgan fingerprint density at radius 2 is 1.50 bits per heavy atom. The molecule has 3 rings (SSSR count). The second kappa shape index (κ2) is 5.73. The van der Waals surface area contributed by atoms with Gasteiger partial charge in [-0.15, -0.1) is 11.3 Å². The van der Waals surface area contributed by atoms with Crippen molar-refractivity contribution in [1.29, 1.82) is 0 Å². The molecule has 20 heavy (non-hydrogen) atoms. The highest BCUT2D eigenvalue weighted by Gasteiger charge is 2.07. The first kappa shape index (κ1) is 13.3. The van der Waals surface area contributed by atoms with Gasteiger partial charge >= 0.3 is 0 Å². The van der Waals surface area contributed by atoms with Crippen LogP contribution in [0.5, 0.6) is 0 Å². The number of nitrogens with one attached hydrogen (secondary N) is 1. The number of aryl methyl sites for hydroxylation is 1. The van der Waals surface area contributed by atoms with Gasteiger partial charge in [0, 0.05) is 4.88 Å². The summed E-state index contributed by atoms with van der Waals surface area (Å²) in [5.41, 5.74) is 4.85. The zero-order valence-electron chi connectivity index (χ0n) is 11.2. The number of rotatable bonds is 3.